The molecule has 0 bridgehead atoms. The first kappa shape index (κ1) is 14.2. The lowest BCUT2D eigenvalue weighted by atomic mass is 9.94. The van der Waals surface area contributed by atoms with Gasteiger partial charge in [-0.2, -0.15) is 0 Å². The van der Waals surface area contributed by atoms with E-state index in [4.69, 9.17) is 4.98 Å². The number of aromatic nitrogens is 1. The van der Waals surface area contributed by atoms with Crippen LogP contribution in [0.3, 0.4) is 0 Å². The van der Waals surface area contributed by atoms with Crippen LogP contribution in [0, 0.1) is 6.92 Å². The standard InChI is InChI=1S/C23H13NOS/c1-12-23-20-14(13-6-4-5-9-18(13)26-23)10-11-17-19(20)21(24-12)15-7-2-3-8-16(15)22(17)25/h2-11H,1H3. The molecular weight excluding hydrogens is 338 g/mol. The Hall–Kier alpha value is -3.04. The highest BCUT2D eigenvalue weighted by Gasteiger charge is 2.18. The molecule has 0 spiro atoms. The van der Waals surface area contributed by atoms with Gasteiger partial charge in [-0.3, -0.25) is 9.78 Å². The normalized spacial score (nSPS) is 12.2. The molecule has 0 fully saturated rings. The van der Waals surface area contributed by atoms with Crippen molar-refractivity contribution in [3.63, 3.8) is 0 Å². The fraction of sp³-hybridized carbons (Fsp3) is 0.0435. The number of rotatable bonds is 0. The van der Waals surface area contributed by atoms with Gasteiger partial charge in [0, 0.05) is 31.6 Å². The number of benzene rings is 4. The van der Waals surface area contributed by atoms with Gasteiger partial charge in [0.1, 0.15) is 0 Å². The molecule has 4 aromatic carbocycles. The van der Waals surface area contributed by atoms with Gasteiger partial charge in [-0.25, -0.2) is 0 Å². The molecule has 0 amide bonds. The van der Waals surface area contributed by atoms with E-state index < -0.39 is 0 Å². The quantitative estimate of drug-likeness (QED) is 0.247. The van der Waals surface area contributed by atoms with E-state index in [1.165, 1.54) is 25.6 Å². The van der Waals surface area contributed by atoms with Crippen molar-refractivity contribution in [3.8, 4) is 0 Å². The first-order valence-electron chi connectivity index (χ1n) is 8.62. The van der Waals surface area contributed by atoms with E-state index in [2.05, 4.69) is 37.3 Å². The highest BCUT2D eigenvalue weighted by molar-refractivity contribution is 7.25. The van der Waals surface area contributed by atoms with Crippen LogP contribution in [0.2, 0.25) is 0 Å². The van der Waals surface area contributed by atoms with E-state index in [9.17, 15) is 4.79 Å². The molecule has 0 radical (unpaired) electrons. The molecule has 2 aromatic heterocycles. The minimum Gasteiger partial charge on any atom is -0.289 e. The van der Waals surface area contributed by atoms with E-state index in [1.54, 1.807) is 11.3 Å². The average Bonchev–Trinajstić information content (AvgIpc) is 2.69. The van der Waals surface area contributed by atoms with E-state index in [0.29, 0.717) is 0 Å². The van der Waals surface area contributed by atoms with Crippen LogP contribution in [0.15, 0.2) is 65.5 Å². The first-order valence-corrected chi connectivity index (χ1v) is 9.44. The van der Waals surface area contributed by atoms with Crippen LogP contribution in [0.25, 0.3) is 52.6 Å². The SMILES string of the molecule is Cc1nc2c3ccccc3c(=O)c3ccc4c5ccccc5sc1c4c32. The number of nitrogens with zero attached hydrogens (tertiary/aromatic N) is 1. The zero-order chi connectivity index (χ0) is 17.4. The Morgan fingerprint density at radius 1 is 0.731 bits per heavy atom. The van der Waals surface area contributed by atoms with Gasteiger partial charge >= 0.3 is 0 Å². The second-order valence-corrected chi connectivity index (χ2v) is 7.81. The molecule has 3 heteroatoms. The Balaban J connectivity index is 2.07. The van der Waals surface area contributed by atoms with Crippen LogP contribution in [0.4, 0.5) is 0 Å². The van der Waals surface area contributed by atoms with E-state index in [0.717, 1.165) is 32.8 Å². The summed E-state index contributed by atoms with van der Waals surface area (Å²) in [4.78, 5) is 18.1. The van der Waals surface area contributed by atoms with Crippen molar-refractivity contribution in [1.29, 1.82) is 0 Å². The summed E-state index contributed by atoms with van der Waals surface area (Å²) in [6.07, 6.45) is 0. The fourth-order valence-electron chi connectivity index (χ4n) is 4.19. The van der Waals surface area contributed by atoms with Crippen LogP contribution in [-0.4, -0.2) is 4.98 Å². The second-order valence-electron chi connectivity index (χ2n) is 6.76. The topological polar surface area (TPSA) is 30.0 Å². The third kappa shape index (κ3) is 1.61. The van der Waals surface area contributed by atoms with Crippen molar-refractivity contribution in [3.05, 3.63) is 76.6 Å². The molecule has 6 rings (SSSR count). The van der Waals surface area contributed by atoms with Crippen molar-refractivity contribution in [1.82, 2.24) is 4.98 Å². The summed E-state index contributed by atoms with van der Waals surface area (Å²) in [6, 6.07) is 20.4. The Kier molecular flexibility index (Phi) is 2.60. The summed E-state index contributed by atoms with van der Waals surface area (Å²) in [6.45, 7) is 2.07. The molecular formula is C23H13NOS. The van der Waals surface area contributed by atoms with Gasteiger partial charge in [0.15, 0.2) is 5.43 Å². The zero-order valence-electron chi connectivity index (χ0n) is 14.0. The van der Waals surface area contributed by atoms with Crippen molar-refractivity contribution in [2.75, 3.05) is 0 Å². The lowest BCUT2D eigenvalue weighted by Gasteiger charge is -2.15. The largest absolute Gasteiger partial charge is 0.289 e. The molecule has 0 aliphatic carbocycles. The predicted octanol–water partition coefficient (Wildman–Crippen LogP) is 6.02. The molecule has 0 N–H and O–H groups in total. The molecule has 2 heterocycles. The summed E-state index contributed by atoms with van der Waals surface area (Å²) in [7, 11) is 0. The van der Waals surface area contributed by atoms with Gasteiger partial charge in [-0.15, -0.1) is 11.3 Å². The average molecular weight is 351 g/mol. The van der Waals surface area contributed by atoms with Gasteiger partial charge in [0.2, 0.25) is 0 Å². The van der Waals surface area contributed by atoms with Crippen molar-refractivity contribution >= 4 is 64.0 Å². The number of aryl methyl sites for hydroxylation is 1. The molecule has 0 aliphatic heterocycles. The predicted molar refractivity (Wildman–Crippen MR) is 112 cm³/mol. The molecule has 0 unspecified atom stereocenters. The molecule has 122 valence electrons. The van der Waals surface area contributed by atoms with E-state index in [-0.39, 0.29) is 5.43 Å². The number of fused-ring (bicyclic) bond motifs is 4. The van der Waals surface area contributed by atoms with Gasteiger partial charge in [-0.1, -0.05) is 48.5 Å². The molecule has 26 heavy (non-hydrogen) atoms. The van der Waals surface area contributed by atoms with E-state index >= 15 is 0 Å². The maximum atomic E-state index is 13.1. The second kappa shape index (κ2) is 4.77. The van der Waals surface area contributed by atoms with Gasteiger partial charge in [0.05, 0.1) is 15.9 Å². The monoisotopic (exact) mass is 351 g/mol. The van der Waals surface area contributed by atoms with Crippen LogP contribution < -0.4 is 5.43 Å². The summed E-state index contributed by atoms with van der Waals surface area (Å²) in [5.41, 5.74) is 2.06. The summed E-state index contributed by atoms with van der Waals surface area (Å²) < 4.78 is 2.42. The molecule has 0 saturated heterocycles. The maximum absolute atomic E-state index is 13.1. The molecule has 0 aliphatic rings. The van der Waals surface area contributed by atoms with Crippen molar-refractivity contribution in [2.24, 2.45) is 0 Å². The maximum Gasteiger partial charge on any atom is 0.194 e. The Morgan fingerprint density at radius 2 is 1.42 bits per heavy atom. The van der Waals surface area contributed by atoms with Gasteiger partial charge in [0.25, 0.3) is 0 Å². The van der Waals surface area contributed by atoms with Gasteiger partial charge < -0.3 is 0 Å². The van der Waals surface area contributed by atoms with Crippen molar-refractivity contribution in [2.45, 2.75) is 6.92 Å². The lowest BCUT2D eigenvalue weighted by molar-refractivity contribution is 1.31. The molecule has 6 aromatic rings. The van der Waals surface area contributed by atoms with Crippen molar-refractivity contribution < 1.29 is 0 Å². The van der Waals surface area contributed by atoms with Crippen LogP contribution in [0.1, 0.15) is 5.69 Å². The third-order valence-electron chi connectivity index (χ3n) is 5.34. The Morgan fingerprint density at radius 3 is 2.27 bits per heavy atom. The van der Waals surface area contributed by atoms with Crippen LogP contribution >= 0.6 is 11.3 Å². The zero-order valence-corrected chi connectivity index (χ0v) is 14.9. The minimum absolute atomic E-state index is 0.0973. The highest BCUT2D eigenvalue weighted by Crippen LogP contribution is 2.42. The summed E-state index contributed by atoms with van der Waals surface area (Å²) in [5.74, 6) is 0. The lowest BCUT2D eigenvalue weighted by Crippen LogP contribution is -2.05. The summed E-state index contributed by atoms with van der Waals surface area (Å²) in [5, 5.41) is 7.09. The Bertz CT molecular complexity index is 1560. The number of pyridine rings is 1. The highest BCUT2D eigenvalue weighted by atomic mass is 32.1. The van der Waals surface area contributed by atoms with Crippen LogP contribution in [-0.2, 0) is 0 Å². The smallest absolute Gasteiger partial charge is 0.194 e. The first-order chi connectivity index (χ1) is 12.7. The molecule has 2 nitrogen and oxygen atoms in total. The number of hydrogen-bond donors (Lipinski definition) is 0. The minimum atomic E-state index is 0.0973. The Labute approximate surface area is 152 Å². The van der Waals surface area contributed by atoms with E-state index in [1.807, 2.05) is 30.3 Å². The molecule has 0 atom stereocenters. The fourth-order valence-corrected chi connectivity index (χ4v) is 5.36. The number of hydrogen-bond acceptors (Lipinski definition) is 3. The summed E-state index contributed by atoms with van der Waals surface area (Å²) >= 11 is 1.76. The third-order valence-corrected chi connectivity index (χ3v) is 6.62. The van der Waals surface area contributed by atoms with Crippen LogP contribution in [0.5, 0.6) is 0 Å². The molecule has 0 saturated carbocycles. The van der Waals surface area contributed by atoms with Gasteiger partial charge in [-0.05, 0) is 29.8 Å².